The Morgan fingerprint density at radius 1 is 1.00 bits per heavy atom. The van der Waals surface area contributed by atoms with Crippen LogP contribution in [-0.2, 0) is 20.2 Å². The van der Waals surface area contributed by atoms with Crippen LogP contribution in [0.25, 0.3) is 0 Å². The molecule has 2 rings (SSSR count). The highest BCUT2D eigenvalue weighted by molar-refractivity contribution is 7.72. The van der Waals surface area contributed by atoms with Gasteiger partial charge < -0.3 is 20.1 Å². The molecule has 0 fully saturated rings. The fraction of sp³-hybridized carbons (Fsp3) is 0.458. The molecule has 1 unspecified atom stereocenters. The van der Waals surface area contributed by atoms with Gasteiger partial charge in [-0.2, -0.15) is 0 Å². The van der Waals surface area contributed by atoms with Crippen molar-refractivity contribution in [1.82, 2.24) is 5.32 Å². The Morgan fingerprint density at radius 3 is 2.41 bits per heavy atom. The Hall–Kier alpha value is -2.58. The first-order valence-corrected chi connectivity index (χ1v) is 12.2. The van der Waals surface area contributed by atoms with Gasteiger partial charge in [0.15, 0.2) is 10.7 Å². The molecule has 0 spiro atoms. The van der Waals surface area contributed by atoms with Crippen LogP contribution in [0.5, 0.6) is 5.75 Å². The Bertz CT molecular complexity index is 938. The van der Waals surface area contributed by atoms with E-state index in [0.717, 1.165) is 36.9 Å². The number of esters is 1. The molecule has 0 bridgehead atoms. The van der Waals surface area contributed by atoms with Crippen LogP contribution in [0.4, 0.5) is 5.69 Å². The minimum atomic E-state index is -2.74. The fourth-order valence-electron chi connectivity index (χ4n) is 3.74. The quantitative estimate of drug-likeness (QED) is 0.223. The maximum absolute atomic E-state index is 11.9. The minimum absolute atomic E-state index is 0.147. The SMILES string of the molecule is CCOC(=O)CCCCCCNC(c1ccccc1[SH](=O)=O)c1cccc(OC)c1NC. The molecule has 2 aromatic carbocycles. The summed E-state index contributed by atoms with van der Waals surface area (Å²) in [7, 11) is 0.698. The standard InChI is InChI=1S/C24H34N2O5S/c1-4-31-22(27)16-7-5-6-10-17-26-23(18-12-8-9-15-21(18)32(28)29)19-13-11-14-20(30-3)24(19)25-2/h8-9,11-15,23,25-26,32H,4-7,10,16-17H2,1-3H3. The summed E-state index contributed by atoms with van der Waals surface area (Å²) in [4.78, 5) is 11.7. The van der Waals surface area contributed by atoms with Crippen LogP contribution >= 0.6 is 0 Å². The van der Waals surface area contributed by atoms with Gasteiger partial charge in [0.25, 0.3) is 0 Å². The maximum Gasteiger partial charge on any atom is 0.305 e. The van der Waals surface area contributed by atoms with E-state index >= 15 is 0 Å². The number of thiol groups is 1. The summed E-state index contributed by atoms with van der Waals surface area (Å²) >= 11 is 0. The molecule has 0 saturated carbocycles. The van der Waals surface area contributed by atoms with E-state index in [2.05, 4.69) is 10.6 Å². The zero-order valence-electron chi connectivity index (χ0n) is 19.1. The molecule has 0 aliphatic rings. The predicted octanol–water partition coefficient (Wildman–Crippen LogP) is 3.90. The summed E-state index contributed by atoms with van der Waals surface area (Å²) < 4.78 is 34.3. The number of para-hydroxylation sites is 1. The van der Waals surface area contributed by atoms with Gasteiger partial charge in [-0.25, -0.2) is 8.42 Å². The zero-order valence-corrected chi connectivity index (χ0v) is 20.0. The molecule has 0 amide bonds. The predicted molar refractivity (Wildman–Crippen MR) is 127 cm³/mol. The molecule has 0 saturated heterocycles. The number of hydrogen-bond acceptors (Lipinski definition) is 7. The second kappa shape index (κ2) is 13.8. The van der Waals surface area contributed by atoms with E-state index < -0.39 is 10.7 Å². The molecule has 2 N–H and O–H groups in total. The summed E-state index contributed by atoms with van der Waals surface area (Å²) in [5.74, 6) is 0.548. The van der Waals surface area contributed by atoms with Crippen LogP contribution in [0, 0.1) is 0 Å². The smallest absolute Gasteiger partial charge is 0.305 e. The molecule has 0 heterocycles. The molecule has 1 atom stereocenters. The van der Waals surface area contributed by atoms with Gasteiger partial charge in [-0.1, -0.05) is 43.2 Å². The van der Waals surface area contributed by atoms with Crippen molar-refractivity contribution in [1.29, 1.82) is 0 Å². The Labute approximate surface area is 192 Å². The van der Waals surface area contributed by atoms with E-state index in [0.29, 0.717) is 35.8 Å². The average molecular weight is 463 g/mol. The number of benzene rings is 2. The number of unbranched alkanes of at least 4 members (excludes halogenated alkanes) is 3. The van der Waals surface area contributed by atoms with Crippen LogP contribution in [0.1, 0.15) is 56.2 Å². The van der Waals surface area contributed by atoms with E-state index in [1.54, 1.807) is 19.2 Å². The van der Waals surface area contributed by atoms with Gasteiger partial charge in [0.2, 0.25) is 0 Å². The van der Waals surface area contributed by atoms with Crippen molar-refractivity contribution in [2.75, 3.05) is 32.6 Å². The summed E-state index contributed by atoms with van der Waals surface area (Å²) in [6.45, 7) is 2.93. The highest BCUT2D eigenvalue weighted by atomic mass is 32.2. The van der Waals surface area contributed by atoms with Gasteiger partial charge in [-0.3, -0.25) is 4.79 Å². The van der Waals surface area contributed by atoms with Gasteiger partial charge in [0.1, 0.15) is 5.75 Å². The Kier molecular flexibility index (Phi) is 11.0. The van der Waals surface area contributed by atoms with Crippen LogP contribution in [-0.4, -0.2) is 41.7 Å². The van der Waals surface area contributed by atoms with Crippen molar-refractivity contribution in [2.45, 2.75) is 50.0 Å². The number of methoxy groups -OCH3 is 1. The molecule has 8 heteroatoms. The minimum Gasteiger partial charge on any atom is -0.495 e. The summed E-state index contributed by atoms with van der Waals surface area (Å²) in [6, 6.07) is 12.5. The molecule has 32 heavy (non-hydrogen) atoms. The first-order valence-electron chi connectivity index (χ1n) is 11.0. The molecule has 0 radical (unpaired) electrons. The van der Waals surface area contributed by atoms with Crippen molar-refractivity contribution in [2.24, 2.45) is 0 Å². The number of hydrogen-bond donors (Lipinski definition) is 3. The van der Waals surface area contributed by atoms with Crippen molar-refractivity contribution in [3.8, 4) is 5.75 Å². The normalized spacial score (nSPS) is 11.9. The van der Waals surface area contributed by atoms with E-state index in [4.69, 9.17) is 9.47 Å². The van der Waals surface area contributed by atoms with Crippen LogP contribution in [0.3, 0.4) is 0 Å². The Morgan fingerprint density at radius 2 is 1.72 bits per heavy atom. The van der Waals surface area contributed by atoms with Crippen LogP contribution < -0.4 is 15.4 Å². The third-order valence-electron chi connectivity index (χ3n) is 5.25. The third kappa shape index (κ3) is 7.24. The maximum atomic E-state index is 11.9. The van der Waals surface area contributed by atoms with Crippen LogP contribution in [0.2, 0.25) is 0 Å². The molecule has 176 valence electrons. The van der Waals surface area contributed by atoms with E-state index in [1.807, 2.05) is 44.3 Å². The Balaban J connectivity index is 2.15. The number of carbonyl (C=O) groups is 1. The molecular weight excluding hydrogens is 428 g/mol. The van der Waals surface area contributed by atoms with Crippen molar-refractivity contribution < 1.29 is 22.7 Å². The van der Waals surface area contributed by atoms with E-state index in [-0.39, 0.29) is 12.0 Å². The molecule has 2 aromatic rings. The summed E-state index contributed by atoms with van der Waals surface area (Å²) in [5.41, 5.74) is 2.44. The lowest BCUT2D eigenvalue weighted by Crippen LogP contribution is -2.25. The summed E-state index contributed by atoms with van der Waals surface area (Å²) in [6.07, 6.45) is 4.07. The summed E-state index contributed by atoms with van der Waals surface area (Å²) in [5, 5.41) is 6.73. The van der Waals surface area contributed by atoms with Gasteiger partial charge in [-0.05, 0) is 44.0 Å². The van der Waals surface area contributed by atoms with Crippen LogP contribution in [0.15, 0.2) is 47.4 Å². The number of rotatable bonds is 14. The second-order valence-electron chi connectivity index (χ2n) is 7.35. The van der Waals surface area contributed by atoms with Crippen molar-refractivity contribution >= 4 is 22.4 Å². The van der Waals surface area contributed by atoms with Gasteiger partial charge in [0, 0.05) is 19.0 Å². The fourth-order valence-corrected chi connectivity index (χ4v) is 4.36. The van der Waals surface area contributed by atoms with E-state index in [9.17, 15) is 13.2 Å². The average Bonchev–Trinajstić information content (AvgIpc) is 2.80. The largest absolute Gasteiger partial charge is 0.495 e. The lowest BCUT2D eigenvalue weighted by molar-refractivity contribution is -0.143. The second-order valence-corrected chi connectivity index (χ2v) is 8.34. The molecule has 0 aromatic heterocycles. The van der Waals surface area contributed by atoms with Gasteiger partial charge in [-0.15, -0.1) is 0 Å². The number of carbonyl (C=O) groups excluding carboxylic acids is 1. The number of anilines is 1. The molecule has 0 aliphatic carbocycles. The highest BCUT2D eigenvalue weighted by Gasteiger charge is 2.22. The lowest BCUT2D eigenvalue weighted by Gasteiger charge is -2.24. The van der Waals surface area contributed by atoms with Crippen molar-refractivity contribution in [3.05, 3.63) is 53.6 Å². The lowest BCUT2D eigenvalue weighted by atomic mass is 9.96. The molecule has 7 nitrogen and oxygen atoms in total. The van der Waals surface area contributed by atoms with E-state index in [1.165, 1.54) is 0 Å². The van der Waals surface area contributed by atoms with Crippen molar-refractivity contribution in [3.63, 3.8) is 0 Å². The number of nitrogens with one attached hydrogen (secondary N) is 2. The topological polar surface area (TPSA) is 93.7 Å². The molecular formula is C24H34N2O5S. The number of ether oxygens (including phenoxy) is 2. The van der Waals surface area contributed by atoms with Gasteiger partial charge in [0.05, 0.1) is 30.3 Å². The molecule has 0 aliphatic heterocycles. The third-order valence-corrected chi connectivity index (χ3v) is 6.05. The van der Waals surface area contributed by atoms with Gasteiger partial charge >= 0.3 is 5.97 Å². The monoisotopic (exact) mass is 462 g/mol. The first-order chi connectivity index (χ1) is 15.5. The first kappa shape index (κ1) is 25.7. The highest BCUT2D eigenvalue weighted by Crippen LogP contribution is 2.36. The zero-order chi connectivity index (χ0) is 23.3.